The molecule has 2 rings (SSSR count). The summed E-state index contributed by atoms with van der Waals surface area (Å²) in [5.74, 6) is 0.336. The number of hydrogen-bond donors (Lipinski definition) is 1. The highest BCUT2D eigenvalue weighted by atomic mass is 35.5. The summed E-state index contributed by atoms with van der Waals surface area (Å²) in [5.41, 5.74) is 2.28. The number of carboxylic acids is 1. The maximum Gasteiger partial charge on any atom is 0.303 e. The second-order valence-electron chi connectivity index (χ2n) is 5.51. The standard InChI is InChI=1S/C15H19ClO2/c1-9(2)11-5-12(7-13(16)6-11)14(8-15(17)18)10-3-4-10/h5-7,9-10,14H,3-4,8H2,1-2H3,(H,17,18). The minimum atomic E-state index is -0.724. The van der Waals surface area contributed by atoms with Gasteiger partial charge in [0.1, 0.15) is 0 Å². The predicted octanol–water partition coefficient (Wildman–Crippen LogP) is 4.43. The Bertz CT molecular complexity index is 450. The van der Waals surface area contributed by atoms with Gasteiger partial charge in [0, 0.05) is 5.02 Å². The molecule has 0 aromatic heterocycles. The first-order valence-corrected chi connectivity index (χ1v) is 6.87. The van der Waals surface area contributed by atoms with E-state index in [1.165, 1.54) is 5.56 Å². The maximum absolute atomic E-state index is 11.0. The van der Waals surface area contributed by atoms with Crippen LogP contribution in [-0.4, -0.2) is 11.1 Å². The molecular formula is C15H19ClO2. The molecule has 1 atom stereocenters. The average Bonchev–Trinajstić information content (AvgIpc) is 3.08. The van der Waals surface area contributed by atoms with Gasteiger partial charge in [0.25, 0.3) is 0 Å². The van der Waals surface area contributed by atoms with Crippen molar-refractivity contribution >= 4 is 17.6 Å². The summed E-state index contributed by atoms with van der Waals surface area (Å²) in [5, 5.41) is 9.75. The molecule has 0 radical (unpaired) electrons. The third kappa shape index (κ3) is 3.26. The monoisotopic (exact) mass is 266 g/mol. The first-order chi connectivity index (χ1) is 8.47. The molecule has 1 aliphatic rings. The van der Waals surface area contributed by atoms with Gasteiger partial charge in [-0.3, -0.25) is 4.79 Å². The van der Waals surface area contributed by atoms with Gasteiger partial charge >= 0.3 is 5.97 Å². The number of carbonyl (C=O) groups is 1. The Labute approximate surface area is 113 Å². The molecule has 3 heteroatoms. The van der Waals surface area contributed by atoms with E-state index in [1.807, 2.05) is 12.1 Å². The quantitative estimate of drug-likeness (QED) is 0.856. The van der Waals surface area contributed by atoms with E-state index in [1.54, 1.807) is 0 Å². The van der Waals surface area contributed by atoms with Gasteiger partial charge in [-0.1, -0.05) is 31.5 Å². The van der Waals surface area contributed by atoms with Crippen molar-refractivity contribution in [3.8, 4) is 0 Å². The fraction of sp³-hybridized carbons (Fsp3) is 0.533. The van der Waals surface area contributed by atoms with Crippen molar-refractivity contribution in [2.24, 2.45) is 5.92 Å². The molecular weight excluding hydrogens is 248 g/mol. The van der Waals surface area contributed by atoms with Crippen LogP contribution in [0.15, 0.2) is 18.2 Å². The zero-order valence-electron chi connectivity index (χ0n) is 10.8. The topological polar surface area (TPSA) is 37.3 Å². The molecule has 0 saturated heterocycles. The Balaban J connectivity index is 2.31. The largest absolute Gasteiger partial charge is 0.481 e. The summed E-state index contributed by atoms with van der Waals surface area (Å²) < 4.78 is 0. The molecule has 1 unspecified atom stereocenters. The summed E-state index contributed by atoms with van der Waals surface area (Å²) in [6.45, 7) is 4.25. The zero-order valence-corrected chi connectivity index (χ0v) is 11.6. The fourth-order valence-electron chi connectivity index (χ4n) is 2.43. The van der Waals surface area contributed by atoms with Crippen LogP contribution in [0.4, 0.5) is 0 Å². The van der Waals surface area contributed by atoms with E-state index >= 15 is 0 Å². The molecule has 2 nitrogen and oxygen atoms in total. The Morgan fingerprint density at radius 1 is 1.33 bits per heavy atom. The number of rotatable bonds is 5. The van der Waals surface area contributed by atoms with Crippen LogP contribution in [-0.2, 0) is 4.79 Å². The van der Waals surface area contributed by atoms with Gasteiger partial charge in [-0.2, -0.15) is 0 Å². The lowest BCUT2D eigenvalue weighted by molar-refractivity contribution is -0.137. The summed E-state index contributed by atoms with van der Waals surface area (Å²) in [6, 6.07) is 6.03. The third-order valence-corrected chi connectivity index (χ3v) is 3.84. The summed E-state index contributed by atoms with van der Waals surface area (Å²) in [7, 11) is 0. The van der Waals surface area contributed by atoms with Crippen LogP contribution >= 0.6 is 11.6 Å². The molecule has 0 amide bonds. The van der Waals surface area contributed by atoms with Gasteiger partial charge in [-0.05, 0) is 53.9 Å². The van der Waals surface area contributed by atoms with Crippen LogP contribution in [0.1, 0.15) is 56.1 Å². The van der Waals surface area contributed by atoms with Crippen LogP contribution in [0, 0.1) is 5.92 Å². The van der Waals surface area contributed by atoms with Crippen molar-refractivity contribution in [2.75, 3.05) is 0 Å². The van der Waals surface area contributed by atoms with E-state index in [9.17, 15) is 4.79 Å². The first-order valence-electron chi connectivity index (χ1n) is 6.49. The summed E-state index contributed by atoms with van der Waals surface area (Å²) in [6.07, 6.45) is 2.49. The molecule has 1 aromatic carbocycles. The molecule has 0 heterocycles. The number of hydrogen-bond acceptors (Lipinski definition) is 1. The highest BCUT2D eigenvalue weighted by molar-refractivity contribution is 6.30. The van der Waals surface area contributed by atoms with Gasteiger partial charge < -0.3 is 5.11 Å². The number of carboxylic acid groups (broad SMARTS) is 1. The van der Waals surface area contributed by atoms with E-state index in [4.69, 9.17) is 16.7 Å². The highest BCUT2D eigenvalue weighted by Crippen LogP contribution is 2.45. The van der Waals surface area contributed by atoms with Gasteiger partial charge in [0.15, 0.2) is 0 Å². The fourth-order valence-corrected chi connectivity index (χ4v) is 2.68. The molecule has 1 fully saturated rings. The van der Waals surface area contributed by atoms with Crippen molar-refractivity contribution in [3.05, 3.63) is 34.3 Å². The normalized spacial score (nSPS) is 16.9. The minimum absolute atomic E-state index is 0.124. The Morgan fingerprint density at radius 2 is 1.94 bits per heavy atom. The van der Waals surface area contributed by atoms with Gasteiger partial charge in [0.05, 0.1) is 6.42 Å². The van der Waals surface area contributed by atoms with Crippen molar-refractivity contribution in [3.63, 3.8) is 0 Å². The van der Waals surface area contributed by atoms with Crippen molar-refractivity contribution < 1.29 is 9.90 Å². The van der Waals surface area contributed by atoms with Crippen molar-refractivity contribution in [1.29, 1.82) is 0 Å². The molecule has 98 valence electrons. The average molecular weight is 267 g/mol. The van der Waals surface area contributed by atoms with E-state index in [0.29, 0.717) is 16.9 Å². The predicted molar refractivity (Wildman–Crippen MR) is 73.3 cm³/mol. The molecule has 1 N–H and O–H groups in total. The zero-order chi connectivity index (χ0) is 13.3. The minimum Gasteiger partial charge on any atom is -0.481 e. The lowest BCUT2D eigenvalue weighted by atomic mass is 9.88. The molecule has 1 aliphatic carbocycles. The van der Waals surface area contributed by atoms with E-state index in [2.05, 4.69) is 19.9 Å². The van der Waals surface area contributed by atoms with Crippen LogP contribution in [0.5, 0.6) is 0 Å². The molecule has 0 bridgehead atoms. The lowest BCUT2D eigenvalue weighted by Crippen LogP contribution is -2.09. The highest BCUT2D eigenvalue weighted by Gasteiger charge is 2.34. The number of aliphatic carboxylic acids is 1. The second-order valence-corrected chi connectivity index (χ2v) is 5.95. The van der Waals surface area contributed by atoms with E-state index < -0.39 is 5.97 Å². The van der Waals surface area contributed by atoms with Crippen LogP contribution in [0.3, 0.4) is 0 Å². The van der Waals surface area contributed by atoms with E-state index in [0.717, 1.165) is 18.4 Å². The number of benzene rings is 1. The summed E-state index contributed by atoms with van der Waals surface area (Å²) in [4.78, 5) is 11.0. The molecule has 1 saturated carbocycles. The van der Waals surface area contributed by atoms with Gasteiger partial charge in [-0.15, -0.1) is 0 Å². The lowest BCUT2D eigenvalue weighted by Gasteiger charge is -2.17. The molecule has 0 spiro atoms. The van der Waals surface area contributed by atoms with Crippen LogP contribution < -0.4 is 0 Å². The second kappa shape index (κ2) is 5.31. The van der Waals surface area contributed by atoms with Crippen LogP contribution in [0.25, 0.3) is 0 Å². The van der Waals surface area contributed by atoms with Gasteiger partial charge in [-0.25, -0.2) is 0 Å². The Morgan fingerprint density at radius 3 is 2.44 bits per heavy atom. The first kappa shape index (κ1) is 13.4. The smallest absolute Gasteiger partial charge is 0.303 e. The Hall–Kier alpha value is -1.02. The van der Waals surface area contributed by atoms with Gasteiger partial charge in [0.2, 0.25) is 0 Å². The SMILES string of the molecule is CC(C)c1cc(Cl)cc(C(CC(=O)O)C2CC2)c1. The van der Waals surface area contributed by atoms with Crippen molar-refractivity contribution in [2.45, 2.75) is 44.9 Å². The number of halogens is 1. The summed E-state index contributed by atoms with van der Waals surface area (Å²) >= 11 is 6.15. The molecule has 0 aliphatic heterocycles. The maximum atomic E-state index is 11.0. The Kier molecular flexibility index (Phi) is 3.96. The third-order valence-electron chi connectivity index (χ3n) is 3.62. The van der Waals surface area contributed by atoms with E-state index in [-0.39, 0.29) is 12.3 Å². The molecule has 1 aromatic rings. The van der Waals surface area contributed by atoms with Crippen molar-refractivity contribution in [1.82, 2.24) is 0 Å². The van der Waals surface area contributed by atoms with Crippen LogP contribution in [0.2, 0.25) is 5.02 Å². The molecule has 18 heavy (non-hydrogen) atoms.